The number of ether oxygens (including phenoxy) is 1. The summed E-state index contributed by atoms with van der Waals surface area (Å²) in [5, 5.41) is 1.06. The Bertz CT molecular complexity index is 960. The van der Waals surface area contributed by atoms with Crippen LogP contribution in [-0.2, 0) is 0 Å². The van der Waals surface area contributed by atoms with Crippen molar-refractivity contribution in [1.29, 1.82) is 0 Å². The highest BCUT2D eigenvalue weighted by molar-refractivity contribution is 5.98. The Morgan fingerprint density at radius 2 is 1.96 bits per heavy atom. The molecular formula is C22H24N4O2. The summed E-state index contributed by atoms with van der Waals surface area (Å²) < 4.78 is 6.29. The van der Waals surface area contributed by atoms with Crippen molar-refractivity contribution in [3.63, 3.8) is 0 Å². The van der Waals surface area contributed by atoms with Gasteiger partial charge in [0.05, 0.1) is 6.54 Å². The molecule has 4 heterocycles. The molecule has 2 aliphatic rings. The van der Waals surface area contributed by atoms with Crippen molar-refractivity contribution >= 4 is 22.6 Å². The van der Waals surface area contributed by atoms with E-state index in [0.29, 0.717) is 18.8 Å². The molecule has 1 N–H and O–H groups in total. The Hall–Kier alpha value is -3.02. The third kappa shape index (κ3) is 3.19. The number of likely N-dealkylation sites (tertiary alicyclic amines) is 1. The van der Waals surface area contributed by atoms with E-state index in [1.807, 2.05) is 53.6 Å². The highest BCUT2D eigenvalue weighted by Crippen LogP contribution is 2.30. The van der Waals surface area contributed by atoms with E-state index in [0.717, 1.165) is 42.0 Å². The van der Waals surface area contributed by atoms with E-state index in [1.54, 1.807) is 0 Å². The number of amides is 1. The predicted molar refractivity (Wildman–Crippen MR) is 109 cm³/mol. The predicted octanol–water partition coefficient (Wildman–Crippen LogP) is 3.46. The number of hydrogen-bond donors (Lipinski definition) is 1. The lowest BCUT2D eigenvalue weighted by Gasteiger charge is -2.22. The Morgan fingerprint density at radius 3 is 2.82 bits per heavy atom. The second kappa shape index (κ2) is 7.19. The van der Waals surface area contributed by atoms with Gasteiger partial charge in [-0.3, -0.25) is 4.79 Å². The van der Waals surface area contributed by atoms with Crippen LogP contribution in [-0.4, -0.2) is 53.1 Å². The van der Waals surface area contributed by atoms with Crippen molar-refractivity contribution in [2.45, 2.75) is 25.4 Å². The van der Waals surface area contributed by atoms with Gasteiger partial charge in [-0.05, 0) is 37.1 Å². The molecule has 1 atom stereocenters. The number of nitrogens with one attached hydrogen (secondary N) is 1. The topological polar surface area (TPSA) is 61.5 Å². The average molecular weight is 376 g/mol. The lowest BCUT2D eigenvalue weighted by atomic mass is 10.2. The van der Waals surface area contributed by atoms with Crippen LogP contribution in [0.3, 0.4) is 0 Å². The van der Waals surface area contributed by atoms with Crippen LogP contribution in [0.2, 0.25) is 0 Å². The molecule has 2 fully saturated rings. The lowest BCUT2D eigenvalue weighted by molar-refractivity contribution is 0.0767. The molecule has 0 saturated carbocycles. The second-order valence-electron chi connectivity index (χ2n) is 7.57. The molecule has 5 rings (SSSR count). The highest BCUT2D eigenvalue weighted by Gasteiger charge is 2.30. The summed E-state index contributed by atoms with van der Waals surface area (Å²) in [6, 6.07) is 13.8. The molecule has 0 radical (unpaired) electrons. The lowest BCUT2D eigenvalue weighted by Crippen LogP contribution is -2.31. The van der Waals surface area contributed by atoms with Crippen LogP contribution in [0.4, 0.5) is 5.82 Å². The Kier molecular flexibility index (Phi) is 4.39. The maximum Gasteiger partial charge on any atom is 0.270 e. The molecular weight excluding hydrogens is 352 g/mol. The minimum atomic E-state index is -0.00104. The minimum absolute atomic E-state index is 0.00104. The van der Waals surface area contributed by atoms with Gasteiger partial charge < -0.3 is 19.5 Å². The quantitative estimate of drug-likeness (QED) is 0.758. The van der Waals surface area contributed by atoms with Gasteiger partial charge in [0.2, 0.25) is 0 Å². The molecule has 2 aliphatic heterocycles. The number of carbonyl (C=O) groups is 1. The number of hydrogen-bond acceptors (Lipinski definition) is 4. The first-order valence-corrected chi connectivity index (χ1v) is 10.0. The van der Waals surface area contributed by atoms with Crippen LogP contribution in [0.15, 0.2) is 48.7 Å². The van der Waals surface area contributed by atoms with E-state index >= 15 is 0 Å². The molecule has 0 aliphatic carbocycles. The standard InChI is InChI=1S/C22H24N4O2/c27-22(19-14-16-6-1-2-7-18(16)24-19)26-13-9-17(15-26)28-20-8-5-10-23-21(20)25-11-3-4-12-25/h1-2,5-8,10,14,17,24H,3-4,9,11-13,15H2/t17-/m0/s1. The SMILES string of the molecule is O=C(c1cc2ccccc2[nH]1)N1CC[C@H](Oc2cccnc2N2CCCC2)C1. The zero-order valence-electron chi connectivity index (χ0n) is 15.8. The highest BCUT2D eigenvalue weighted by atomic mass is 16.5. The molecule has 0 spiro atoms. The number of anilines is 1. The van der Waals surface area contributed by atoms with Crippen molar-refractivity contribution in [1.82, 2.24) is 14.9 Å². The number of aromatic nitrogens is 2. The van der Waals surface area contributed by atoms with Gasteiger partial charge in [-0.15, -0.1) is 0 Å². The third-order valence-electron chi connectivity index (χ3n) is 5.64. The molecule has 2 saturated heterocycles. The van der Waals surface area contributed by atoms with Gasteiger partial charge in [0.1, 0.15) is 11.8 Å². The van der Waals surface area contributed by atoms with Crippen LogP contribution < -0.4 is 9.64 Å². The zero-order valence-corrected chi connectivity index (χ0v) is 15.8. The van der Waals surface area contributed by atoms with Crippen molar-refractivity contribution < 1.29 is 9.53 Å². The third-order valence-corrected chi connectivity index (χ3v) is 5.64. The van der Waals surface area contributed by atoms with Crippen LogP contribution in [0.25, 0.3) is 10.9 Å². The van der Waals surface area contributed by atoms with Gasteiger partial charge >= 0.3 is 0 Å². The molecule has 144 valence electrons. The molecule has 0 bridgehead atoms. The Balaban J connectivity index is 1.28. The number of rotatable bonds is 4. The summed E-state index contributed by atoms with van der Waals surface area (Å²) in [5.41, 5.74) is 1.63. The molecule has 3 aromatic rings. The van der Waals surface area contributed by atoms with Crippen molar-refractivity contribution in [3.05, 3.63) is 54.4 Å². The summed E-state index contributed by atoms with van der Waals surface area (Å²) in [6.07, 6.45) is 5.05. The number of nitrogens with zero attached hydrogens (tertiary/aromatic N) is 3. The van der Waals surface area contributed by atoms with Crippen LogP contribution >= 0.6 is 0 Å². The molecule has 1 aromatic carbocycles. The van der Waals surface area contributed by atoms with Gasteiger partial charge in [0.15, 0.2) is 11.6 Å². The number of para-hydroxylation sites is 1. The number of fused-ring (bicyclic) bond motifs is 1. The van der Waals surface area contributed by atoms with E-state index in [2.05, 4.69) is 14.9 Å². The fourth-order valence-electron chi connectivity index (χ4n) is 4.19. The summed E-state index contributed by atoms with van der Waals surface area (Å²) in [5.74, 6) is 1.79. The van der Waals surface area contributed by atoms with Crippen molar-refractivity contribution in [2.24, 2.45) is 0 Å². The number of H-pyrrole nitrogens is 1. The summed E-state index contributed by atoms with van der Waals surface area (Å²) >= 11 is 0. The molecule has 6 nitrogen and oxygen atoms in total. The number of carbonyl (C=O) groups excluding carboxylic acids is 1. The Labute approximate surface area is 164 Å². The number of benzene rings is 1. The maximum absolute atomic E-state index is 12.9. The zero-order chi connectivity index (χ0) is 18.9. The first-order valence-electron chi connectivity index (χ1n) is 10.0. The van der Waals surface area contributed by atoms with Crippen LogP contribution in [0.1, 0.15) is 29.8 Å². The summed E-state index contributed by atoms with van der Waals surface area (Å²) in [6.45, 7) is 3.37. The number of pyridine rings is 1. The van der Waals surface area contributed by atoms with Crippen LogP contribution in [0, 0.1) is 0 Å². The normalized spacial score (nSPS) is 19.5. The molecule has 0 unspecified atom stereocenters. The van der Waals surface area contributed by atoms with E-state index in [-0.39, 0.29) is 12.0 Å². The monoisotopic (exact) mass is 376 g/mol. The fourth-order valence-corrected chi connectivity index (χ4v) is 4.19. The molecule has 2 aromatic heterocycles. The first-order chi connectivity index (χ1) is 13.8. The van der Waals surface area contributed by atoms with E-state index in [9.17, 15) is 4.79 Å². The fraction of sp³-hybridized carbons (Fsp3) is 0.364. The molecule has 28 heavy (non-hydrogen) atoms. The van der Waals surface area contributed by atoms with E-state index in [4.69, 9.17) is 4.74 Å². The Morgan fingerprint density at radius 1 is 1.11 bits per heavy atom. The maximum atomic E-state index is 12.9. The molecule has 6 heteroatoms. The summed E-state index contributed by atoms with van der Waals surface area (Å²) in [4.78, 5) is 24.9. The number of aromatic amines is 1. The average Bonchev–Trinajstić information content (AvgIpc) is 3.48. The van der Waals surface area contributed by atoms with Gasteiger partial charge in [-0.1, -0.05) is 18.2 Å². The van der Waals surface area contributed by atoms with E-state index in [1.165, 1.54) is 12.8 Å². The summed E-state index contributed by atoms with van der Waals surface area (Å²) in [7, 11) is 0. The van der Waals surface area contributed by atoms with Gasteiger partial charge in [0, 0.05) is 43.2 Å². The van der Waals surface area contributed by atoms with E-state index < -0.39 is 0 Å². The minimum Gasteiger partial charge on any atom is -0.485 e. The smallest absolute Gasteiger partial charge is 0.270 e. The largest absolute Gasteiger partial charge is 0.485 e. The van der Waals surface area contributed by atoms with Crippen molar-refractivity contribution in [2.75, 3.05) is 31.1 Å². The first kappa shape index (κ1) is 17.1. The molecule has 1 amide bonds. The second-order valence-corrected chi connectivity index (χ2v) is 7.57. The van der Waals surface area contributed by atoms with Crippen LogP contribution in [0.5, 0.6) is 5.75 Å². The van der Waals surface area contributed by atoms with Gasteiger partial charge in [0.25, 0.3) is 5.91 Å². The van der Waals surface area contributed by atoms with Crippen molar-refractivity contribution in [3.8, 4) is 5.75 Å². The van der Waals surface area contributed by atoms with Gasteiger partial charge in [-0.2, -0.15) is 0 Å². The van der Waals surface area contributed by atoms with Gasteiger partial charge in [-0.25, -0.2) is 4.98 Å².